The van der Waals surface area contributed by atoms with Gasteiger partial charge in [-0.25, -0.2) is 0 Å². The van der Waals surface area contributed by atoms with Crippen LogP contribution in [-0.2, 0) is 11.2 Å². The molecule has 0 bridgehead atoms. The van der Waals surface area contributed by atoms with Gasteiger partial charge in [0.25, 0.3) is 0 Å². The Morgan fingerprint density at radius 3 is 2.56 bits per heavy atom. The fraction of sp³-hybridized carbons (Fsp3) is 0.263. The lowest BCUT2D eigenvalue weighted by molar-refractivity contribution is -0.118. The Morgan fingerprint density at radius 1 is 1.15 bits per heavy atom. The molecule has 0 aliphatic carbocycles. The highest BCUT2D eigenvalue weighted by molar-refractivity contribution is 7.99. The third-order valence-corrected chi connectivity index (χ3v) is 5.24. The Hall–Kier alpha value is -2.38. The predicted octanol–water partition coefficient (Wildman–Crippen LogP) is 3.38. The summed E-state index contributed by atoms with van der Waals surface area (Å²) in [4.78, 5) is 12.1. The first-order valence-corrected chi connectivity index (χ1v) is 9.90. The molecule has 1 heterocycles. The van der Waals surface area contributed by atoms with Crippen molar-refractivity contribution in [2.45, 2.75) is 25.4 Å². The van der Waals surface area contributed by atoms with Crippen LogP contribution in [0.15, 0.2) is 47.6 Å². The van der Waals surface area contributed by atoms with Gasteiger partial charge in [0.05, 0.1) is 11.4 Å². The lowest BCUT2D eigenvalue weighted by Crippen LogP contribution is -2.27. The first kappa shape index (κ1) is 19.4. The van der Waals surface area contributed by atoms with Crippen LogP contribution in [0.25, 0.3) is 5.69 Å². The molecule has 0 spiro atoms. The number of thioether (sulfide) groups is 1. The molecule has 3 aromatic rings. The van der Waals surface area contributed by atoms with Crippen molar-refractivity contribution < 1.29 is 4.79 Å². The molecule has 0 unspecified atom stereocenters. The number of halogens is 1. The summed E-state index contributed by atoms with van der Waals surface area (Å²) in [6.45, 7) is 4.60. The number of rotatable bonds is 7. The zero-order valence-corrected chi connectivity index (χ0v) is 16.7. The van der Waals surface area contributed by atoms with Crippen molar-refractivity contribution in [3.05, 3.63) is 64.2 Å². The number of aryl methyl sites for hydroxylation is 2. The van der Waals surface area contributed by atoms with E-state index in [4.69, 9.17) is 11.6 Å². The molecule has 1 N–H and O–H groups in total. The first-order valence-electron chi connectivity index (χ1n) is 8.53. The number of carbonyl (C=O) groups excluding carboxylic acids is 1. The Kier molecular flexibility index (Phi) is 6.47. The van der Waals surface area contributed by atoms with E-state index in [1.54, 1.807) is 4.68 Å². The largest absolute Gasteiger partial charge is 0.355 e. The van der Waals surface area contributed by atoms with Crippen LogP contribution >= 0.6 is 23.4 Å². The lowest BCUT2D eigenvalue weighted by atomic mass is 10.1. The van der Waals surface area contributed by atoms with Crippen molar-refractivity contribution in [3.8, 4) is 5.69 Å². The molecule has 8 heteroatoms. The molecule has 27 heavy (non-hydrogen) atoms. The maximum Gasteiger partial charge on any atom is 0.230 e. The monoisotopic (exact) mass is 401 g/mol. The second-order valence-corrected chi connectivity index (χ2v) is 7.51. The van der Waals surface area contributed by atoms with Gasteiger partial charge in [-0.2, -0.15) is 4.68 Å². The lowest BCUT2D eigenvalue weighted by Gasteiger charge is -2.10. The number of tetrazole rings is 1. The van der Waals surface area contributed by atoms with Crippen LogP contribution in [-0.4, -0.2) is 38.4 Å². The number of hydrogen-bond donors (Lipinski definition) is 1. The summed E-state index contributed by atoms with van der Waals surface area (Å²) in [5, 5.41) is 16.1. The molecular formula is C19H20ClN5OS. The molecule has 6 nitrogen and oxygen atoms in total. The number of carbonyl (C=O) groups is 1. The van der Waals surface area contributed by atoms with Gasteiger partial charge < -0.3 is 5.32 Å². The van der Waals surface area contributed by atoms with E-state index in [0.717, 1.165) is 28.8 Å². The smallest absolute Gasteiger partial charge is 0.230 e. The molecule has 0 saturated carbocycles. The average Bonchev–Trinajstić information content (AvgIpc) is 3.10. The quantitative estimate of drug-likeness (QED) is 0.614. The minimum Gasteiger partial charge on any atom is -0.355 e. The predicted molar refractivity (Wildman–Crippen MR) is 108 cm³/mol. The second-order valence-electron chi connectivity index (χ2n) is 6.13. The summed E-state index contributed by atoms with van der Waals surface area (Å²) < 4.78 is 1.69. The Labute approximate surface area is 167 Å². The number of aromatic nitrogens is 4. The van der Waals surface area contributed by atoms with Crippen molar-refractivity contribution in [1.29, 1.82) is 0 Å². The molecule has 140 valence electrons. The summed E-state index contributed by atoms with van der Waals surface area (Å²) in [6.07, 6.45) is 0.758. The number of amides is 1. The SMILES string of the molecule is Cc1cccc(C)c1-n1nnnc1SCC(=O)NCCc1ccc(Cl)cc1. The normalized spacial score (nSPS) is 10.8. The van der Waals surface area contributed by atoms with E-state index in [1.807, 2.05) is 56.3 Å². The highest BCUT2D eigenvalue weighted by atomic mass is 35.5. The maximum atomic E-state index is 12.1. The minimum atomic E-state index is -0.0509. The Balaban J connectivity index is 1.54. The van der Waals surface area contributed by atoms with Crippen LogP contribution in [0.5, 0.6) is 0 Å². The first-order chi connectivity index (χ1) is 13.0. The van der Waals surface area contributed by atoms with E-state index >= 15 is 0 Å². The second kappa shape index (κ2) is 9.01. The number of para-hydroxylation sites is 1. The topological polar surface area (TPSA) is 72.7 Å². The number of benzene rings is 2. The summed E-state index contributed by atoms with van der Waals surface area (Å²) >= 11 is 7.19. The number of nitrogens with zero attached hydrogens (tertiary/aromatic N) is 4. The molecule has 1 amide bonds. The molecule has 0 atom stereocenters. The number of nitrogens with one attached hydrogen (secondary N) is 1. The highest BCUT2D eigenvalue weighted by Crippen LogP contribution is 2.23. The fourth-order valence-corrected chi connectivity index (χ4v) is 3.56. The fourth-order valence-electron chi connectivity index (χ4n) is 2.73. The molecule has 0 fully saturated rings. The van der Waals surface area contributed by atoms with Crippen molar-refractivity contribution >= 4 is 29.3 Å². The van der Waals surface area contributed by atoms with Gasteiger partial charge in [0, 0.05) is 11.6 Å². The van der Waals surface area contributed by atoms with Crippen LogP contribution in [0.3, 0.4) is 0 Å². The molecule has 1 aromatic heterocycles. The van der Waals surface area contributed by atoms with Gasteiger partial charge in [-0.05, 0) is 59.5 Å². The van der Waals surface area contributed by atoms with Gasteiger partial charge in [0.15, 0.2) is 0 Å². The minimum absolute atomic E-state index is 0.0509. The molecule has 3 rings (SSSR count). The standard InChI is InChI=1S/C19H20ClN5OS/c1-13-4-3-5-14(2)18(13)25-19(22-23-24-25)27-12-17(26)21-11-10-15-6-8-16(20)9-7-15/h3-9H,10-12H2,1-2H3,(H,21,26). The van der Waals surface area contributed by atoms with Crippen LogP contribution in [0.2, 0.25) is 5.02 Å². The highest BCUT2D eigenvalue weighted by Gasteiger charge is 2.14. The molecule has 2 aromatic carbocycles. The van der Waals surface area contributed by atoms with E-state index in [2.05, 4.69) is 20.8 Å². The molecule has 0 aliphatic heterocycles. The summed E-state index contributed by atoms with van der Waals surface area (Å²) in [6, 6.07) is 13.6. The Bertz CT molecular complexity index is 906. The maximum absolute atomic E-state index is 12.1. The van der Waals surface area contributed by atoms with Crippen molar-refractivity contribution in [1.82, 2.24) is 25.5 Å². The van der Waals surface area contributed by atoms with Gasteiger partial charge in [-0.3, -0.25) is 4.79 Å². The molecule has 0 radical (unpaired) electrons. The summed E-state index contributed by atoms with van der Waals surface area (Å²) in [5.74, 6) is 0.205. The third-order valence-electron chi connectivity index (χ3n) is 4.07. The van der Waals surface area contributed by atoms with Crippen molar-refractivity contribution in [3.63, 3.8) is 0 Å². The summed E-state index contributed by atoms with van der Waals surface area (Å²) in [7, 11) is 0. The van der Waals surface area contributed by atoms with E-state index in [-0.39, 0.29) is 11.7 Å². The van der Waals surface area contributed by atoms with E-state index in [1.165, 1.54) is 11.8 Å². The van der Waals surface area contributed by atoms with Crippen molar-refractivity contribution in [2.24, 2.45) is 0 Å². The van der Waals surface area contributed by atoms with Gasteiger partial charge in [0.2, 0.25) is 11.1 Å². The van der Waals surface area contributed by atoms with Crippen LogP contribution in [0, 0.1) is 13.8 Å². The number of hydrogen-bond acceptors (Lipinski definition) is 5. The van der Waals surface area contributed by atoms with Gasteiger partial charge in [0.1, 0.15) is 0 Å². The zero-order chi connectivity index (χ0) is 19.2. The van der Waals surface area contributed by atoms with E-state index in [0.29, 0.717) is 16.7 Å². The average molecular weight is 402 g/mol. The van der Waals surface area contributed by atoms with Gasteiger partial charge in [-0.15, -0.1) is 5.10 Å². The zero-order valence-electron chi connectivity index (χ0n) is 15.1. The van der Waals surface area contributed by atoms with Crippen molar-refractivity contribution in [2.75, 3.05) is 12.3 Å². The van der Waals surface area contributed by atoms with E-state index < -0.39 is 0 Å². The van der Waals surface area contributed by atoms with Gasteiger partial charge >= 0.3 is 0 Å². The molecule has 0 aliphatic rings. The van der Waals surface area contributed by atoms with E-state index in [9.17, 15) is 4.79 Å². The van der Waals surface area contributed by atoms with Crippen LogP contribution in [0.1, 0.15) is 16.7 Å². The van der Waals surface area contributed by atoms with Gasteiger partial charge in [-0.1, -0.05) is 53.7 Å². The Morgan fingerprint density at radius 2 is 1.85 bits per heavy atom. The summed E-state index contributed by atoms with van der Waals surface area (Å²) in [5.41, 5.74) is 4.24. The molecule has 0 saturated heterocycles. The van der Waals surface area contributed by atoms with Crippen LogP contribution < -0.4 is 5.32 Å². The molecular weight excluding hydrogens is 382 g/mol. The third kappa shape index (κ3) is 5.08. The van der Waals surface area contributed by atoms with Crippen LogP contribution in [0.4, 0.5) is 0 Å².